The maximum absolute atomic E-state index is 15.0. The summed E-state index contributed by atoms with van der Waals surface area (Å²) in [4.78, 5) is 22.9. The number of halogens is 2. The third-order valence-corrected chi connectivity index (χ3v) is 7.10. The number of aliphatic carboxylic acids is 1. The van der Waals surface area contributed by atoms with Crippen molar-refractivity contribution in [2.75, 3.05) is 13.1 Å². The largest absolute Gasteiger partial charge is 0.481 e. The molecule has 0 aliphatic carbocycles. The van der Waals surface area contributed by atoms with Crippen molar-refractivity contribution in [2.45, 2.75) is 13.0 Å². The van der Waals surface area contributed by atoms with Gasteiger partial charge in [0.05, 0.1) is 11.6 Å². The van der Waals surface area contributed by atoms with Crippen LogP contribution in [0.3, 0.4) is 0 Å². The molecule has 2 aromatic heterocycles. The van der Waals surface area contributed by atoms with E-state index in [1.165, 1.54) is 29.5 Å². The predicted octanol–water partition coefficient (Wildman–Crippen LogP) is 5.88. The number of benzene rings is 2. The third-order valence-electron chi connectivity index (χ3n) is 6.11. The van der Waals surface area contributed by atoms with Gasteiger partial charge in [-0.25, -0.2) is 18.7 Å². The van der Waals surface area contributed by atoms with Gasteiger partial charge in [-0.2, -0.15) is 0 Å². The molecule has 8 heteroatoms. The zero-order valence-electron chi connectivity index (χ0n) is 18.3. The molecule has 0 saturated carbocycles. The first kappa shape index (κ1) is 22.3. The molecule has 4 aromatic rings. The summed E-state index contributed by atoms with van der Waals surface area (Å²) in [5, 5.41) is 9.61. The van der Waals surface area contributed by atoms with Gasteiger partial charge in [0.2, 0.25) is 0 Å². The normalized spacial score (nSPS) is 15.6. The lowest BCUT2D eigenvalue weighted by Crippen LogP contribution is -2.51. The van der Waals surface area contributed by atoms with E-state index < -0.39 is 5.97 Å². The summed E-state index contributed by atoms with van der Waals surface area (Å²) >= 11 is 1.32. The van der Waals surface area contributed by atoms with E-state index in [0.717, 1.165) is 16.8 Å². The summed E-state index contributed by atoms with van der Waals surface area (Å²) in [6.45, 7) is 2.90. The number of aromatic nitrogens is 2. The second-order valence-electron chi connectivity index (χ2n) is 8.37. The number of rotatable bonds is 6. The number of carboxylic acid groups (broad SMARTS) is 1. The molecule has 5 nitrogen and oxygen atoms in total. The van der Waals surface area contributed by atoms with Crippen LogP contribution in [0.15, 0.2) is 54.6 Å². The molecule has 3 heterocycles. The van der Waals surface area contributed by atoms with E-state index in [0.29, 0.717) is 34.0 Å². The molecule has 1 fully saturated rings. The van der Waals surface area contributed by atoms with Crippen LogP contribution in [0.25, 0.3) is 33.1 Å². The van der Waals surface area contributed by atoms with E-state index in [-0.39, 0.29) is 23.6 Å². The Morgan fingerprint density at radius 1 is 1.09 bits per heavy atom. The highest BCUT2D eigenvalue weighted by Gasteiger charge is 2.35. The van der Waals surface area contributed by atoms with E-state index >= 15 is 4.39 Å². The number of fused-ring (bicyclic) bond motifs is 1. The minimum Gasteiger partial charge on any atom is -0.481 e. The Morgan fingerprint density at radius 3 is 2.56 bits per heavy atom. The molecular formula is C26H21F2N3O2S. The molecule has 1 saturated heterocycles. The minimum absolute atomic E-state index is 0.0633. The molecular weight excluding hydrogens is 456 g/mol. The van der Waals surface area contributed by atoms with Crippen LogP contribution in [-0.2, 0) is 4.79 Å². The van der Waals surface area contributed by atoms with Gasteiger partial charge in [0, 0.05) is 24.7 Å². The molecule has 0 amide bonds. The average molecular weight is 478 g/mol. The fourth-order valence-corrected chi connectivity index (χ4v) is 4.93. The molecule has 1 unspecified atom stereocenters. The molecule has 172 valence electrons. The van der Waals surface area contributed by atoms with Gasteiger partial charge >= 0.3 is 5.97 Å². The summed E-state index contributed by atoms with van der Waals surface area (Å²) < 4.78 is 28.1. The number of nitrogens with zero attached hydrogens (tertiary/aromatic N) is 3. The van der Waals surface area contributed by atoms with Crippen LogP contribution < -0.4 is 0 Å². The lowest BCUT2D eigenvalue weighted by molar-refractivity contribution is -0.148. The van der Waals surface area contributed by atoms with Gasteiger partial charge in [-0.05, 0) is 60.5 Å². The monoisotopic (exact) mass is 477 g/mol. The van der Waals surface area contributed by atoms with Gasteiger partial charge in [0.15, 0.2) is 0 Å². The number of carbonyl (C=O) groups is 1. The maximum Gasteiger partial charge on any atom is 0.309 e. The van der Waals surface area contributed by atoms with Crippen LogP contribution in [0, 0.1) is 17.6 Å². The molecule has 0 radical (unpaired) electrons. The van der Waals surface area contributed by atoms with Crippen molar-refractivity contribution in [3.8, 4) is 10.6 Å². The first-order valence-electron chi connectivity index (χ1n) is 10.9. The van der Waals surface area contributed by atoms with E-state index in [9.17, 15) is 9.18 Å². The highest BCUT2D eigenvalue weighted by Crippen LogP contribution is 2.34. The van der Waals surface area contributed by atoms with Crippen molar-refractivity contribution in [1.29, 1.82) is 0 Å². The predicted molar refractivity (Wildman–Crippen MR) is 129 cm³/mol. The first-order chi connectivity index (χ1) is 16.4. The Bertz CT molecular complexity index is 1400. The SMILES string of the molecule is CC(c1ccc(-c2nc3ccc(C=Cc4ccc(F)cc4)nc3s2)c(F)c1)N1CC(C(=O)O)C1. The summed E-state index contributed by atoms with van der Waals surface area (Å²) in [5.41, 5.74) is 3.50. The van der Waals surface area contributed by atoms with E-state index in [1.807, 2.05) is 42.2 Å². The van der Waals surface area contributed by atoms with E-state index in [2.05, 4.69) is 9.97 Å². The second-order valence-corrected chi connectivity index (χ2v) is 9.35. The van der Waals surface area contributed by atoms with E-state index in [1.54, 1.807) is 18.2 Å². The molecule has 0 bridgehead atoms. The van der Waals surface area contributed by atoms with Gasteiger partial charge in [-0.15, -0.1) is 0 Å². The fraction of sp³-hybridized carbons (Fsp3) is 0.192. The van der Waals surface area contributed by atoms with Gasteiger partial charge < -0.3 is 5.11 Å². The van der Waals surface area contributed by atoms with Crippen LogP contribution in [0.1, 0.15) is 29.8 Å². The molecule has 1 aliphatic heterocycles. The molecule has 1 aliphatic rings. The zero-order chi connectivity index (χ0) is 23.8. The standard InChI is InChI=1S/C26H21F2N3O2S/c1-15(31-13-18(14-31)26(32)33)17-5-10-21(22(28)12-17)24-30-23-11-9-20(29-25(23)34-24)8-4-16-2-6-19(27)7-3-16/h2-12,15,18H,13-14H2,1H3,(H,32,33). The van der Waals surface area contributed by atoms with Crippen LogP contribution in [0.4, 0.5) is 8.78 Å². The first-order valence-corrected chi connectivity index (χ1v) is 11.7. The van der Waals surface area contributed by atoms with Gasteiger partial charge in [0.25, 0.3) is 0 Å². The molecule has 34 heavy (non-hydrogen) atoms. The number of hydrogen-bond donors (Lipinski definition) is 1. The lowest BCUT2D eigenvalue weighted by atomic mass is 9.95. The van der Waals surface area contributed by atoms with Crippen LogP contribution in [0.2, 0.25) is 0 Å². The average Bonchev–Trinajstić information content (AvgIpc) is 3.20. The van der Waals surface area contributed by atoms with Crippen LogP contribution in [0.5, 0.6) is 0 Å². The maximum atomic E-state index is 15.0. The Balaban J connectivity index is 1.34. The number of hydrogen-bond acceptors (Lipinski definition) is 5. The Labute approximate surface area is 199 Å². The van der Waals surface area contributed by atoms with Crippen molar-refractivity contribution < 1.29 is 18.7 Å². The van der Waals surface area contributed by atoms with E-state index in [4.69, 9.17) is 5.11 Å². The van der Waals surface area contributed by atoms with Crippen molar-refractivity contribution in [2.24, 2.45) is 5.92 Å². The summed E-state index contributed by atoms with van der Waals surface area (Å²) in [7, 11) is 0. The second kappa shape index (κ2) is 9.04. The highest BCUT2D eigenvalue weighted by atomic mass is 32.1. The van der Waals surface area contributed by atoms with Crippen LogP contribution >= 0.6 is 11.3 Å². The molecule has 2 aromatic carbocycles. The molecule has 1 atom stereocenters. The summed E-state index contributed by atoms with van der Waals surface area (Å²) in [5.74, 6) is -1.79. The Kier molecular flexibility index (Phi) is 5.93. The number of pyridine rings is 1. The fourth-order valence-electron chi connectivity index (χ4n) is 3.96. The number of carboxylic acids is 1. The number of thiazole rings is 1. The topological polar surface area (TPSA) is 66.3 Å². The quantitative estimate of drug-likeness (QED) is 0.375. The molecule has 5 rings (SSSR count). The zero-order valence-corrected chi connectivity index (χ0v) is 19.1. The third kappa shape index (κ3) is 4.47. The highest BCUT2D eigenvalue weighted by molar-refractivity contribution is 7.21. The van der Waals surface area contributed by atoms with Gasteiger partial charge in [-0.1, -0.05) is 35.6 Å². The van der Waals surface area contributed by atoms with Crippen molar-refractivity contribution in [1.82, 2.24) is 14.9 Å². The van der Waals surface area contributed by atoms with Gasteiger partial charge in [0.1, 0.15) is 27.0 Å². The molecule has 0 spiro atoms. The van der Waals surface area contributed by atoms with Crippen molar-refractivity contribution in [3.63, 3.8) is 0 Å². The van der Waals surface area contributed by atoms with Crippen molar-refractivity contribution >= 4 is 39.8 Å². The minimum atomic E-state index is -0.788. The van der Waals surface area contributed by atoms with Crippen molar-refractivity contribution in [3.05, 3.63) is 83.1 Å². The summed E-state index contributed by atoms with van der Waals surface area (Å²) in [6, 6.07) is 14.9. The lowest BCUT2D eigenvalue weighted by Gasteiger charge is -2.41. The Hall–Kier alpha value is -3.49. The summed E-state index contributed by atoms with van der Waals surface area (Å²) in [6.07, 6.45) is 3.69. The molecule has 1 N–H and O–H groups in total. The smallest absolute Gasteiger partial charge is 0.309 e. The Morgan fingerprint density at radius 2 is 1.85 bits per heavy atom. The number of likely N-dealkylation sites (tertiary alicyclic amines) is 1. The van der Waals surface area contributed by atoms with Crippen LogP contribution in [-0.4, -0.2) is 39.0 Å². The van der Waals surface area contributed by atoms with Gasteiger partial charge in [-0.3, -0.25) is 9.69 Å².